The Bertz CT molecular complexity index is 215. The number of amides is 1. The molecule has 0 saturated heterocycles. The van der Waals surface area contributed by atoms with Gasteiger partial charge in [0.15, 0.2) is 0 Å². The van der Waals surface area contributed by atoms with Crippen LogP contribution in [0, 0.1) is 0 Å². The first kappa shape index (κ1) is 13.8. The summed E-state index contributed by atoms with van der Waals surface area (Å²) in [5.41, 5.74) is -0.337. The molecule has 1 rings (SSSR count). The van der Waals surface area contributed by atoms with Gasteiger partial charge in [0.2, 0.25) is 5.91 Å². The SMILES string of the molecule is O=C(CCCCCl)NC1(CO)CCCCC1. The number of hydrogen-bond acceptors (Lipinski definition) is 2. The largest absolute Gasteiger partial charge is 0.394 e. The number of halogens is 1. The highest BCUT2D eigenvalue weighted by atomic mass is 35.5. The minimum absolute atomic E-state index is 0.0565. The Morgan fingerprint density at radius 1 is 1.25 bits per heavy atom. The van der Waals surface area contributed by atoms with Crippen LogP contribution in [-0.2, 0) is 4.79 Å². The van der Waals surface area contributed by atoms with Crippen LogP contribution in [0.5, 0.6) is 0 Å². The van der Waals surface area contributed by atoms with E-state index in [1.807, 2.05) is 0 Å². The Labute approximate surface area is 103 Å². The molecule has 0 unspecified atom stereocenters. The molecule has 94 valence electrons. The third-order valence-corrected chi connectivity index (χ3v) is 3.57. The van der Waals surface area contributed by atoms with E-state index in [1.165, 1.54) is 6.42 Å². The van der Waals surface area contributed by atoms with Gasteiger partial charge in [-0.1, -0.05) is 19.3 Å². The van der Waals surface area contributed by atoms with Gasteiger partial charge in [0, 0.05) is 12.3 Å². The van der Waals surface area contributed by atoms with Crippen LogP contribution in [0.15, 0.2) is 0 Å². The van der Waals surface area contributed by atoms with E-state index >= 15 is 0 Å². The molecule has 1 amide bonds. The molecule has 1 aliphatic rings. The molecule has 0 aromatic rings. The van der Waals surface area contributed by atoms with Crippen molar-refractivity contribution < 1.29 is 9.90 Å². The number of hydrogen-bond donors (Lipinski definition) is 2. The summed E-state index contributed by atoms with van der Waals surface area (Å²) in [6.45, 7) is 0.0637. The van der Waals surface area contributed by atoms with Crippen molar-refractivity contribution in [3.05, 3.63) is 0 Å². The fourth-order valence-electron chi connectivity index (χ4n) is 2.29. The van der Waals surface area contributed by atoms with Crippen molar-refractivity contribution in [2.24, 2.45) is 0 Å². The van der Waals surface area contributed by atoms with Crippen LogP contribution in [0.3, 0.4) is 0 Å². The summed E-state index contributed by atoms with van der Waals surface area (Å²) in [5.74, 6) is 0.666. The lowest BCUT2D eigenvalue weighted by atomic mass is 9.82. The van der Waals surface area contributed by atoms with E-state index in [0.717, 1.165) is 38.5 Å². The molecule has 0 aromatic heterocycles. The summed E-state index contributed by atoms with van der Waals surface area (Å²) < 4.78 is 0. The predicted molar refractivity (Wildman–Crippen MR) is 65.6 cm³/mol. The minimum atomic E-state index is -0.337. The van der Waals surface area contributed by atoms with Crippen LogP contribution >= 0.6 is 11.6 Å². The van der Waals surface area contributed by atoms with Crippen LogP contribution in [0.25, 0.3) is 0 Å². The van der Waals surface area contributed by atoms with Crippen molar-refractivity contribution in [1.29, 1.82) is 0 Å². The van der Waals surface area contributed by atoms with Crippen molar-refractivity contribution in [3.8, 4) is 0 Å². The molecule has 0 aromatic carbocycles. The number of aliphatic hydroxyl groups excluding tert-OH is 1. The van der Waals surface area contributed by atoms with Crippen LogP contribution < -0.4 is 5.32 Å². The van der Waals surface area contributed by atoms with Gasteiger partial charge in [0.1, 0.15) is 0 Å². The molecule has 3 nitrogen and oxygen atoms in total. The average Bonchev–Trinajstić information content (AvgIpc) is 2.30. The van der Waals surface area contributed by atoms with Crippen molar-refractivity contribution in [2.75, 3.05) is 12.5 Å². The zero-order chi connectivity index (χ0) is 11.9. The monoisotopic (exact) mass is 247 g/mol. The second kappa shape index (κ2) is 7.13. The summed E-state index contributed by atoms with van der Waals surface area (Å²) in [6.07, 6.45) is 7.46. The van der Waals surface area contributed by atoms with E-state index in [0.29, 0.717) is 12.3 Å². The number of aliphatic hydroxyl groups is 1. The van der Waals surface area contributed by atoms with Gasteiger partial charge >= 0.3 is 0 Å². The minimum Gasteiger partial charge on any atom is -0.394 e. The maximum absolute atomic E-state index is 11.7. The van der Waals surface area contributed by atoms with E-state index in [1.54, 1.807) is 0 Å². The third kappa shape index (κ3) is 4.30. The molecule has 1 fully saturated rings. The number of nitrogens with one attached hydrogen (secondary N) is 1. The van der Waals surface area contributed by atoms with Gasteiger partial charge in [0.25, 0.3) is 0 Å². The van der Waals surface area contributed by atoms with Gasteiger partial charge in [-0.15, -0.1) is 11.6 Å². The van der Waals surface area contributed by atoms with Crippen molar-refractivity contribution >= 4 is 17.5 Å². The summed E-state index contributed by atoms with van der Waals surface area (Å²) in [5, 5.41) is 12.4. The standard InChI is InChI=1S/C12H22ClNO2/c13-9-5-2-6-11(16)14-12(10-15)7-3-1-4-8-12/h15H,1-10H2,(H,14,16). The number of unbranched alkanes of at least 4 members (excludes halogenated alkanes) is 1. The molecule has 16 heavy (non-hydrogen) atoms. The number of carbonyl (C=O) groups is 1. The Kier molecular flexibility index (Phi) is 6.14. The van der Waals surface area contributed by atoms with Crippen LogP contribution in [0.2, 0.25) is 0 Å². The molecule has 0 spiro atoms. The van der Waals surface area contributed by atoms with Gasteiger partial charge < -0.3 is 10.4 Å². The summed E-state index contributed by atoms with van der Waals surface area (Å²) in [7, 11) is 0. The fraction of sp³-hybridized carbons (Fsp3) is 0.917. The first-order chi connectivity index (χ1) is 7.72. The van der Waals surface area contributed by atoms with Gasteiger partial charge in [-0.25, -0.2) is 0 Å². The van der Waals surface area contributed by atoms with Gasteiger partial charge in [-0.2, -0.15) is 0 Å². The molecule has 1 aliphatic carbocycles. The second-order valence-electron chi connectivity index (χ2n) is 4.69. The van der Waals surface area contributed by atoms with Crippen molar-refractivity contribution in [3.63, 3.8) is 0 Å². The predicted octanol–water partition coefficient (Wildman–Crippen LogP) is 2.21. The lowest BCUT2D eigenvalue weighted by Crippen LogP contribution is -2.52. The highest BCUT2D eigenvalue weighted by Crippen LogP contribution is 2.27. The highest BCUT2D eigenvalue weighted by Gasteiger charge is 2.32. The van der Waals surface area contributed by atoms with Gasteiger partial charge in [-0.3, -0.25) is 4.79 Å². The van der Waals surface area contributed by atoms with Crippen LogP contribution in [0.1, 0.15) is 51.4 Å². The van der Waals surface area contributed by atoms with Crippen molar-refractivity contribution in [1.82, 2.24) is 5.32 Å². The molecule has 1 saturated carbocycles. The van der Waals surface area contributed by atoms with Gasteiger partial charge in [0.05, 0.1) is 12.1 Å². The molecule has 4 heteroatoms. The summed E-state index contributed by atoms with van der Waals surface area (Å²) in [4.78, 5) is 11.7. The Balaban J connectivity index is 2.33. The van der Waals surface area contributed by atoms with Crippen molar-refractivity contribution in [2.45, 2.75) is 56.9 Å². The Morgan fingerprint density at radius 2 is 1.94 bits per heavy atom. The maximum Gasteiger partial charge on any atom is 0.220 e. The highest BCUT2D eigenvalue weighted by molar-refractivity contribution is 6.17. The lowest BCUT2D eigenvalue weighted by molar-refractivity contribution is -0.124. The molecule has 0 atom stereocenters. The van der Waals surface area contributed by atoms with E-state index in [2.05, 4.69) is 5.32 Å². The number of rotatable bonds is 6. The molecule has 0 radical (unpaired) electrons. The van der Waals surface area contributed by atoms with E-state index in [4.69, 9.17) is 11.6 Å². The van der Waals surface area contributed by atoms with E-state index in [-0.39, 0.29) is 18.1 Å². The molecule has 0 heterocycles. The topological polar surface area (TPSA) is 49.3 Å². The Hall–Kier alpha value is -0.280. The molecular formula is C12H22ClNO2. The smallest absolute Gasteiger partial charge is 0.220 e. The molecular weight excluding hydrogens is 226 g/mol. The first-order valence-electron chi connectivity index (χ1n) is 6.20. The fourth-order valence-corrected chi connectivity index (χ4v) is 2.48. The average molecular weight is 248 g/mol. The zero-order valence-electron chi connectivity index (χ0n) is 9.80. The molecule has 2 N–H and O–H groups in total. The third-order valence-electron chi connectivity index (χ3n) is 3.31. The van der Waals surface area contributed by atoms with Crippen LogP contribution in [0.4, 0.5) is 0 Å². The maximum atomic E-state index is 11.7. The zero-order valence-corrected chi connectivity index (χ0v) is 10.6. The number of alkyl halides is 1. The lowest BCUT2D eigenvalue weighted by Gasteiger charge is -2.36. The quantitative estimate of drug-likeness (QED) is 0.559. The Morgan fingerprint density at radius 3 is 2.50 bits per heavy atom. The first-order valence-corrected chi connectivity index (χ1v) is 6.74. The van der Waals surface area contributed by atoms with Gasteiger partial charge in [-0.05, 0) is 25.7 Å². The second-order valence-corrected chi connectivity index (χ2v) is 5.07. The molecule has 0 bridgehead atoms. The summed E-state index contributed by atoms with van der Waals surface area (Å²) in [6, 6.07) is 0. The number of carbonyl (C=O) groups excluding carboxylic acids is 1. The normalized spacial score (nSPS) is 19.4. The van der Waals surface area contributed by atoms with E-state index in [9.17, 15) is 9.90 Å². The van der Waals surface area contributed by atoms with E-state index < -0.39 is 0 Å². The molecule has 0 aliphatic heterocycles. The summed E-state index contributed by atoms with van der Waals surface area (Å²) >= 11 is 5.56. The van der Waals surface area contributed by atoms with Crippen LogP contribution in [-0.4, -0.2) is 29.0 Å².